The van der Waals surface area contributed by atoms with Crippen LogP contribution in [-0.4, -0.2) is 36.8 Å². The summed E-state index contributed by atoms with van der Waals surface area (Å²) in [4.78, 5) is 46.5. The predicted octanol–water partition coefficient (Wildman–Crippen LogP) is 2.19. The molecular formula is C22H29N7O3. The lowest BCUT2D eigenvalue weighted by Gasteiger charge is -2.25. The Kier molecular flexibility index (Phi) is 7.24. The van der Waals surface area contributed by atoms with E-state index in [0.717, 1.165) is 6.42 Å². The molecular weight excluding hydrogens is 410 g/mol. The van der Waals surface area contributed by atoms with Crippen molar-refractivity contribution in [2.75, 3.05) is 17.2 Å². The molecule has 0 aliphatic heterocycles. The molecule has 3 N–H and O–H groups in total. The number of hydrogen-bond donors (Lipinski definition) is 2. The van der Waals surface area contributed by atoms with Crippen LogP contribution < -0.4 is 21.9 Å². The van der Waals surface area contributed by atoms with E-state index in [2.05, 4.69) is 15.1 Å². The second kappa shape index (κ2) is 10.1. The third kappa shape index (κ3) is 4.96. The SMILES string of the molecule is CCCCn1c(N)c(N(CCC(C)C)C(=O)c2ccc(-n3cccn3)nc2)c(=O)[nH]c1=O. The van der Waals surface area contributed by atoms with Gasteiger partial charge in [-0.05, 0) is 37.0 Å². The normalized spacial score (nSPS) is 11.1. The standard InChI is InChI=1S/C22H29N7O3/c1-4-5-11-28-19(23)18(20(30)26-22(28)32)27(13-9-15(2)3)21(31)16-7-8-17(24-14-16)29-12-6-10-25-29/h6-8,10,12,14-15H,4-5,9,11,13,23H2,1-3H3,(H,26,30,32). The van der Waals surface area contributed by atoms with Crippen LogP contribution in [0.1, 0.15) is 50.4 Å². The average molecular weight is 440 g/mol. The van der Waals surface area contributed by atoms with Crippen molar-refractivity contribution < 1.29 is 4.79 Å². The first-order valence-corrected chi connectivity index (χ1v) is 10.7. The van der Waals surface area contributed by atoms with Crippen molar-refractivity contribution in [1.29, 1.82) is 0 Å². The number of anilines is 2. The molecule has 10 nitrogen and oxygen atoms in total. The van der Waals surface area contributed by atoms with E-state index in [1.165, 1.54) is 15.7 Å². The van der Waals surface area contributed by atoms with Gasteiger partial charge in [0.05, 0.1) is 5.56 Å². The molecule has 0 radical (unpaired) electrons. The van der Waals surface area contributed by atoms with Crippen molar-refractivity contribution in [2.24, 2.45) is 5.92 Å². The number of nitrogens with two attached hydrogens (primary N) is 1. The number of unbranched alkanes of at least 4 members (excludes halogenated alkanes) is 1. The van der Waals surface area contributed by atoms with Crippen LogP contribution in [0.15, 0.2) is 46.4 Å². The largest absolute Gasteiger partial charge is 0.383 e. The number of carbonyl (C=O) groups is 1. The molecule has 170 valence electrons. The maximum atomic E-state index is 13.4. The first-order valence-electron chi connectivity index (χ1n) is 10.7. The third-order valence-corrected chi connectivity index (χ3v) is 5.13. The summed E-state index contributed by atoms with van der Waals surface area (Å²) in [6, 6.07) is 5.08. The Bertz CT molecular complexity index is 1160. The Balaban J connectivity index is 2.02. The van der Waals surface area contributed by atoms with E-state index in [4.69, 9.17) is 5.73 Å². The van der Waals surface area contributed by atoms with Crippen LogP contribution in [0.25, 0.3) is 5.82 Å². The van der Waals surface area contributed by atoms with Gasteiger partial charge in [-0.3, -0.25) is 19.1 Å². The molecule has 0 aliphatic rings. The molecule has 0 fully saturated rings. The van der Waals surface area contributed by atoms with Gasteiger partial charge in [0, 0.05) is 31.7 Å². The molecule has 32 heavy (non-hydrogen) atoms. The number of nitrogen functional groups attached to an aromatic ring is 1. The van der Waals surface area contributed by atoms with Gasteiger partial charge in [-0.2, -0.15) is 5.10 Å². The van der Waals surface area contributed by atoms with Crippen molar-refractivity contribution in [1.82, 2.24) is 24.3 Å². The van der Waals surface area contributed by atoms with E-state index < -0.39 is 17.2 Å². The number of nitrogens with one attached hydrogen (secondary N) is 1. The molecule has 0 aromatic carbocycles. The number of hydrogen-bond acceptors (Lipinski definition) is 6. The molecule has 0 aliphatic carbocycles. The predicted molar refractivity (Wildman–Crippen MR) is 123 cm³/mol. The molecule has 0 bridgehead atoms. The lowest BCUT2D eigenvalue weighted by Crippen LogP contribution is -2.42. The van der Waals surface area contributed by atoms with E-state index in [9.17, 15) is 14.4 Å². The van der Waals surface area contributed by atoms with Crippen LogP contribution in [0, 0.1) is 5.92 Å². The molecule has 3 aromatic heterocycles. The molecule has 10 heteroatoms. The maximum absolute atomic E-state index is 13.4. The Morgan fingerprint density at radius 1 is 1.28 bits per heavy atom. The third-order valence-electron chi connectivity index (χ3n) is 5.13. The van der Waals surface area contributed by atoms with Gasteiger partial charge in [-0.25, -0.2) is 14.5 Å². The number of H-pyrrole nitrogens is 1. The summed E-state index contributed by atoms with van der Waals surface area (Å²) in [6.07, 6.45) is 7.05. The fourth-order valence-corrected chi connectivity index (χ4v) is 3.29. The maximum Gasteiger partial charge on any atom is 0.330 e. The van der Waals surface area contributed by atoms with Crippen LogP contribution in [0.2, 0.25) is 0 Å². The van der Waals surface area contributed by atoms with Crippen LogP contribution in [0.4, 0.5) is 11.5 Å². The van der Waals surface area contributed by atoms with Gasteiger partial charge in [-0.1, -0.05) is 27.2 Å². The minimum atomic E-state index is -0.682. The van der Waals surface area contributed by atoms with Gasteiger partial charge in [-0.15, -0.1) is 0 Å². The van der Waals surface area contributed by atoms with Gasteiger partial charge in [0.2, 0.25) is 0 Å². The van der Waals surface area contributed by atoms with Crippen molar-refractivity contribution in [3.63, 3.8) is 0 Å². The molecule has 0 saturated heterocycles. The van der Waals surface area contributed by atoms with Gasteiger partial charge >= 0.3 is 5.69 Å². The second-order valence-corrected chi connectivity index (χ2v) is 7.99. The smallest absolute Gasteiger partial charge is 0.330 e. The number of amides is 1. The summed E-state index contributed by atoms with van der Waals surface area (Å²) in [7, 11) is 0. The summed E-state index contributed by atoms with van der Waals surface area (Å²) in [6.45, 7) is 6.68. The zero-order valence-corrected chi connectivity index (χ0v) is 18.6. The fourth-order valence-electron chi connectivity index (χ4n) is 3.29. The van der Waals surface area contributed by atoms with Crippen molar-refractivity contribution in [3.8, 4) is 5.82 Å². The van der Waals surface area contributed by atoms with Crippen LogP contribution in [-0.2, 0) is 6.54 Å². The second-order valence-electron chi connectivity index (χ2n) is 7.99. The fraction of sp³-hybridized carbons (Fsp3) is 0.409. The highest BCUT2D eigenvalue weighted by Gasteiger charge is 2.25. The van der Waals surface area contributed by atoms with Crippen LogP contribution >= 0.6 is 0 Å². The lowest BCUT2D eigenvalue weighted by atomic mass is 10.1. The minimum absolute atomic E-state index is 0.00886. The van der Waals surface area contributed by atoms with E-state index in [0.29, 0.717) is 30.8 Å². The van der Waals surface area contributed by atoms with Gasteiger partial charge in [0.1, 0.15) is 5.82 Å². The van der Waals surface area contributed by atoms with Crippen LogP contribution in [0.3, 0.4) is 0 Å². The molecule has 0 spiro atoms. The van der Waals surface area contributed by atoms with E-state index in [1.807, 2.05) is 20.8 Å². The van der Waals surface area contributed by atoms with Gasteiger partial charge < -0.3 is 10.6 Å². The Labute approximate surface area is 185 Å². The monoisotopic (exact) mass is 439 g/mol. The first kappa shape index (κ1) is 23.0. The number of rotatable bonds is 9. The highest BCUT2D eigenvalue weighted by molar-refractivity contribution is 6.07. The number of aromatic amines is 1. The molecule has 3 rings (SSSR count). The van der Waals surface area contributed by atoms with Gasteiger partial charge in [0.25, 0.3) is 11.5 Å². The number of aromatic nitrogens is 5. The lowest BCUT2D eigenvalue weighted by molar-refractivity contribution is 0.0985. The number of nitrogens with zero attached hydrogens (tertiary/aromatic N) is 5. The quantitative estimate of drug-likeness (QED) is 0.525. The van der Waals surface area contributed by atoms with Crippen molar-refractivity contribution >= 4 is 17.4 Å². The highest BCUT2D eigenvalue weighted by Crippen LogP contribution is 2.21. The first-order chi connectivity index (χ1) is 15.3. The summed E-state index contributed by atoms with van der Waals surface area (Å²) in [5, 5.41) is 4.12. The molecule has 1 amide bonds. The summed E-state index contributed by atoms with van der Waals surface area (Å²) >= 11 is 0. The Hall–Kier alpha value is -3.69. The van der Waals surface area contributed by atoms with E-state index in [-0.39, 0.29) is 24.0 Å². The van der Waals surface area contributed by atoms with E-state index >= 15 is 0 Å². The average Bonchev–Trinajstić information content (AvgIpc) is 3.30. The summed E-state index contributed by atoms with van der Waals surface area (Å²) in [5.41, 5.74) is 5.29. The highest BCUT2D eigenvalue weighted by atomic mass is 16.2. The zero-order chi connectivity index (χ0) is 23.3. The minimum Gasteiger partial charge on any atom is -0.383 e. The molecule has 3 aromatic rings. The van der Waals surface area contributed by atoms with Crippen molar-refractivity contribution in [3.05, 3.63) is 63.2 Å². The topological polar surface area (TPSA) is 132 Å². The van der Waals surface area contributed by atoms with Crippen LogP contribution in [0.5, 0.6) is 0 Å². The zero-order valence-electron chi connectivity index (χ0n) is 18.6. The molecule has 0 atom stereocenters. The summed E-state index contributed by atoms with van der Waals surface area (Å²) < 4.78 is 2.89. The summed E-state index contributed by atoms with van der Waals surface area (Å²) in [5.74, 6) is 0.427. The molecule has 0 unspecified atom stereocenters. The van der Waals surface area contributed by atoms with Gasteiger partial charge in [0.15, 0.2) is 11.5 Å². The Morgan fingerprint density at radius 3 is 2.66 bits per heavy atom. The number of pyridine rings is 1. The molecule has 0 saturated carbocycles. The Morgan fingerprint density at radius 2 is 2.06 bits per heavy atom. The van der Waals surface area contributed by atoms with Crippen molar-refractivity contribution in [2.45, 2.75) is 46.6 Å². The molecule has 3 heterocycles. The number of carbonyl (C=O) groups excluding carboxylic acids is 1. The van der Waals surface area contributed by atoms with E-state index in [1.54, 1.807) is 35.3 Å².